The Morgan fingerprint density at radius 1 is 0.459 bits per heavy atom. The summed E-state index contributed by atoms with van der Waals surface area (Å²) in [7, 11) is 0. The number of carbonyl (C=O) groups excluding carboxylic acids is 2. The smallest absolute Gasteiger partial charge is 0.306 e. The van der Waals surface area contributed by atoms with Crippen LogP contribution in [0.3, 0.4) is 0 Å². The molecule has 0 radical (unpaired) electrons. The molecule has 0 aromatic carbocycles. The van der Waals surface area contributed by atoms with Crippen molar-refractivity contribution in [2.24, 2.45) is 0 Å². The van der Waals surface area contributed by atoms with Gasteiger partial charge >= 0.3 is 5.97 Å². The molecule has 0 aliphatic rings. The summed E-state index contributed by atoms with van der Waals surface area (Å²) >= 11 is 0. The average molecular weight is 862 g/mol. The lowest BCUT2D eigenvalue weighted by molar-refractivity contribution is -0.151. The molecule has 1 amide bonds. The second kappa shape index (κ2) is 49.6. The standard InChI is InChI=1S/C55H107NO5/c1-4-7-10-13-16-19-22-24-26-28-30-32-35-38-41-44-47-53(58)52(50-57)56-54(59)49-51(46-43-40-37-34-21-18-15-12-9-6-3)61-55(60)48-45-42-39-36-33-31-29-27-25-23-20-17-14-11-8-5-2/h27,29,51-53,57-58H,4-26,28,30-50H2,1-3H3,(H,56,59)/b29-27+. The molecule has 61 heavy (non-hydrogen) atoms. The number of hydrogen-bond acceptors (Lipinski definition) is 5. The highest BCUT2D eigenvalue weighted by Gasteiger charge is 2.24. The van der Waals surface area contributed by atoms with Crippen LogP contribution >= 0.6 is 0 Å². The van der Waals surface area contributed by atoms with Crippen molar-refractivity contribution in [3.8, 4) is 0 Å². The van der Waals surface area contributed by atoms with Crippen molar-refractivity contribution >= 4 is 11.9 Å². The quantitative estimate of drug-likeness (QED) is 0.0322. The van der Waals surface area contributed by atoms with Crippen LogP contribution in [0.5, 0.6) is 0 Å². The third-order valence-corrected chi connectivity index (χ3v) is 12.8. The lowest BCUT2D eigenvalue weighted by Crippen LogP contribution is -2.46. The number of esters is 1. The lowest BCUT2D eigenvalue weighted by atomic mass is 10.0. The van der Waals surface area contributed by atoms with Crippen LogP contribution in [0.25, 0.3) is 0 Å². The van der Waals surface area contributed by atoms with Crippen molar-refractivity contribution in [2.45, 2.75) is 322 Å². The molecule has 0 fully saturated rings. The maximum absolute atomic E-state index is 13.2. The fourth-order valence-corrected chi connectivity index (χ4v) is 8.66. The number of nitrogens with one attached hydrogen (secondary N) is 1. The van der Waals surface area contributed by atoms with Crippen molar-refractivity contribution in [1.29, 1.82) is 0 Å². The van der Waals surface area contributed by atoms with Crippen LogP contribution < -0.4 is 5.32 Å². The van der Waals surface area contributed by atoms with Gasteiger partial charge in [0.2, 0.25) is 5.91 Å². The summed E-state index contributed by atoms with van der Waals surface area (Å²) in [5.41, 5.74) is 0. The molecule has 3 unspecified atom stereocenters. The number of amides is 1. The first-order valence-electron chi connectivity index (χ1n) is 27.4. The molecule has 0 aromatic rings. The number of hydrogen-bond donors (Lipinski definition) is 3. The Morgan fingerprint density at radius 3 is 1.16 bits per heavy atom. The van der Waals surface area contributed by atoms with E-state index in [1.54, 1.807) is 0 Å². The Bertz CT molecular complexity index is 924. The number of rotatable bonds is 50. The molecule has 0 bridgehead atoms. The van der Waals surface area contributed by atoms with E-state index >= 15 is 0 Å². The SMILES string of the molecule is CCCCCCCCC/C=C/CCCCCCCC(=O)OC(CCCCCCCCCCCC)CC(=O)NC(CO)C(O)CCCCCCCCCCCCCCCCCC. The number of carbonyl (C=O) groups is 2. The third kappa shape index (κ3) is 45.0. The first-order valence-corrected chi connectivity index (χ1v) is 27.4. The summed E-state index contributed by atoms with van der Waals surface area (Å²) in [6.07, 6.45) is 55.6. The van der Waals surface area contributed by atoms with E-state index in [-0.39, 0.29) is 24.9 Å². The second-order valence-electron chi connectivity index (χ2n) is 19.0. The Kier molecular flexibility index (Phi) is 48.5. The molecule has 0 aliphatic heterocycles. The molecule has 3 atom stereocenters. The van der Waals surface area contributed by atoms with Crippen molar-refractivity contribution in [3.05, 3.63) is 12.2 Å². The molecular formula is C55H107NO5. The van der Waals surface area contributed by atoms with Crippen molar-refractivity contribution in [3.63, 3.8) is 0 Å². The van der Waals surface area contributed by atoms with Gasteiger partial charge in [-0.3, -0.25) is 9.59 Å². The normalized spacial score (nSPS) is 13.2. The number of aliphatic hydroxyl groups excluding tert-OH is 2. The summed E-state index contributed by atoms with van der Waals surface area (Å²) in [4.78, 5) is 26.1. The largest absolute Gasteiger partial charge is 0.462 e. The van der Waals surface area contributed by atoms with Crippen LogP contribution in [0.1, 0.15) is 303 Å². The first-order chi connectivity index (χ1) is 30.0. The summed E-state index contributed by atoms with van der Waals surface area (Å²) in [5.74, 6) is -0.466. The average Bonchev–Trinajstić information content (AvgIpc) is 3.25. The Hall–Kier alpha value is -1.40. The maximum atomic E-state index is 13.2. The van der Waals surface area contributed by atoms with E-state index in [0.717, 1.165) is 51.4 Å². The molecule has 6 nitrogen and oxygen atoms in total. The van der Waals surface area contributed by atoms with Gasteiger partial charge in [0, 0.05) is 6.42 Å². The first kappa shape index (κ1) is 59.6. The van der Waals surface area contributed by atoms with Gasteiger partial charge in [0.25, 0.3) is 0 Å². The van der Waals surface area contributed by atoms with Gasteiger partial charge in [-0.2, -0.15) is 0 Å². The van der Waals surface area contributed by atoms with E-state index in [2.05, 4.69) is 38.2 Å². The minimum atomic E-state index is -0.783. The molecule has 0 heterocycles. The predicted molar refractivity (Wildman–Crippen MR) is 264 cm³/mol. The Balaban J connectivity index is 4.43. The van der Waals surface area contributed by atoms with Gasteiger partial charge in [0.1, 0.15) is 6.10 Å². The van der Waals surface area contributed by atoms with E-state index in [1.165, 1.54) is 205 Å². The van der Waals surface area contributed by atoms with Crippen molar-refractivity contribution in [2.75, 3.05) is 6.61 Å². The minimum absolute atomic E-state index is 0.0813. The molecule has 0 spiro atoms. The van der Waals surface area contributed by atoms with Crippen LogP contribution in [0.4, 0.5) is 0 Å². The topological polar surface area (TPSA) is 95.9 Å². The van der Waals surface area contributed by atoms with E-state index in [4.69, 9.17) is 4.74 Å². The van der Waals surface area contributed by atoms with E-state index in [9.17, 15) is 19.8 Å². The van der Waals surface area contributed by atoms with Gasteiger partial charge < -0.3 is 20.3 Å². The zero-order valence-electron chi connectivity index (χ0n) is 41.3. The van der Waals surface area contributed by atoms with Gasteiger partial charge in [-0.05, 0) is 51.4 Å². The van der Waals surface area contributed by atoms with Crippen LogP contribution in [0.15, 0.2) is 12.2 Å². The highest BCUT2D eigenvalue weighted by atomic mass is 16.5. The molecule has 6 heteroatoms. The van der Waals surface area contributed by atoms with Gasteiger partial charge in [-0.25, -0.2) is 0 Å². The van der Waals surface area contributed by atoms with Crippen molar-refractivity contribution in [1.82, 2.24) is 5.32 Å². The fraction of sp³-hybridized carbons (Fsp3) is 0.927. The van der Waals surface area contributed by atoms with E-state index in [0.29, 0.717) is 19.3 Å². The van der Waals surface area contributed by atoms with E-state index < -0.39 is 18.2 Å². The molecule has 0 saturated carbocycles. The third-order valence-electron chi connectivity index (χ3n) is 12.8. The zero-order chi connectivity index (χ0) is 44.5. The lowest BCUT2D eigenvalue weighted by Gasteiger charge is -2.24. The summed E-state index contributed by atoms with van der Waals surface area (Å²) in [6.45, 7) is 6.50. The van der Waals surface area contributed by atoms with Crippen LogP contribution in [-0.4, -0.2) is 46.9 Å². The Morgan fingerprint density at radius 2 is 0.787 bits per heavy atom. The van der Waals surface area contributed by atoms with Crippen molar-refractivity contribution < 1.29 is 24.5 Å². The van der Waals surface area contributed by atoms with Crippen LogP contribution in [-0.2, 0) is 14.3 Å². The van der Waals surface area contributed by atoms with Crippen LogP contribution in [0, 0.1) is 0 Å². The fourth-order valence-electron chi connectivity index (χ4n) is 8.66. The number of aliphatic hydroxyl groups is 2. The predicted octanol–water partition coefficient (Wildman–Crippen LogP) is 16.5. The van der Waals surface area contributed by atoms with Gasteiger partial charge in [-0.15, -0.1) is 0 Å². The molecule has 362 valence electrons. The van der Waals surface area contributed by atoms with Crippen LogP contribution in [0.2, 0.25) is 0 Å². The number of allylic oxidation sites excluding steroid dienone is 2. The second-order valence-corrected chi connectivity index (χ2v) is 19.0. The zero-order valence-corrected chi connectivity index (χ0v) is 41.3. The minimum Gasteiger partial charge on any atom is -0.462 e. The molecule has 0 saturated heterocycles. The summed E-state index contributed by atoms with van der Waals surface area (Å²) in [6, 6.07) is -0.696. The highest BCUT2D eigenvalue weighted by Crippen LogP contribution is 2.19. The summed E-state index contributed by atoms with van der Waals surface area (Å²) in [5, 5.41) is 23.8. The summed E-state index contributed by atoms with van der Waals surface area (Å²) < 4.78 is 5.93. The van der Waals surface area contributed by atoms with Gasteiger partial charge in [0.15, 0.2) is 0 Å². The number of ether oxygens (including phenoxy) is 1. The molecule has 0 aliphatic carbocycles. The highest BCUT2D eigenvalue weighted by molar-refractivity contribution is 5.77. The Labute approximate surface area is 380 Å². The molecule has 3 N–H and O–H groups in total. The number of unbranched alkanes of at least 4 members (excludes halogenated alkanes) is 36. The van der Waals surface area contributed by atoms with E-state index in [1.807, 2.05) is 0 Å². The molecule has 0 rings (SSSR count). The van der Waals surface area contributed by atoms with Gasteiger partial charge in [0.05, 0.1) is 25.2 Å². The molecular weight excluding hydrogens is 755 g/mol. The van der Waals surface area contributed by atoms with Gasteiger partial charge in [-0.1, -0.05) is 251 Å². The maximum Gasteiger partial charge on any atom is 0.306 e. The molecule has 0 aromatic heterocycles. The monoisotopic (exact) mass is 862 g/mol.